The Bertz CT molecular complexity index is 941. The standard InChI is InChI=1S/C17H15Cl2N3O/c18-12-5-4-9(7-13(12)19)6-11-8-14(23)15-16(10-2-1-3-10)21-22-17(15)20-11/h4-5,7-8,10H,1-3,6H2,(H2,20,21,22,23). The molecule has 6 heteroatoms. The van der Waals surface area contributed by atoms with Crippen molar-refractivity contribution in [2.75, 3.05) is 0 Å². The van der Waals surface area contributed by atoms with Crippen molar-refractivity contribution in [2.24, 2.45) is 0 Å². The quantitative estimate of drug-likeness (QED) is 0.736. The lowest BCUT2D eigenvalue weighted by Crippen LogP contribution is -2.13. The van der Waals surface area contributed by atoms with E-state index >= 15 is 0 Å². The maximum absolute atomic E-state index is 12.5. The second kappa shape index (κ2) is 5.69. The Balaban J connectivity index is 1.71. The first-order valence-electron chi connectivity index (χ1n) is 7.66. The Kier molecular flexibility index (Phi) is 3.66. The van der Waals surface area contributed by atoms with Gasteiger partial charge < -0.3 is 4.98 Å². The third-order valence-electron chi connectivity index (χ3n) is 4.52. The molecule has 3 aromatic rings. The van der Waals surface area contributed by atoms with E-state index in [1.165, 1.54) is 6.42 Å². The van der Waals surface area contributed by atoms with Gasteiger partial charge in [-0.3, -0.25) is 9.89 Å². The van der Waals surface area contributed by atoms with Crippen LogP contribution in [0.3, 0.4) is 0 Å². The summed E-state index contributed by atoms with van der Waals surface area (Å²) in [4.78, 5) is 15.8. The predicted octanol–water partition coefficient (Wildman–Crippen LogP) is 4.42. The number of rotatable bonds is 3. The summed E-state index contributed by atoms with van der Waals surface area (Å²) in [5.74, 6) is 0.446. The Hall–Kier alpha value is -1.78. The second-order valence-electron chi connectivity index (χ2n) is 6.07. The summed E-state index contributed by atoms with van der Waals surface area (Å²) in [5, 5.41) is 9.07. The van der Waals surface area contributed by atoms with E-state index in [0.717, 1.165) is 29.8 Å². The predicted molar refractivity (Wildman–Crippen MR) is 92.6 cm³/mol. The van der Waals surface area contributed by atoms with Crippen molar-refractivity contribution < 1.29 is 0 Å². The van der Waals surface area contributed by atoms with E-state index < -0.39 is 0 Å². The maximum Gasteiger partial charge on any atom is 0.193 e. The van der Waals surface area contributed by atoms with Crippen molar-refractivity contribution in [2.45, 2.75) is 31.6 Å². The largest absolute Gasteiger partial charge is 0.341 e. The molecule has 1 fully saturated rings. The number of nitrogens with one attached hydrogen (secondary N) is 2. The lowest BCUT2D eigenvalue weighted by molar-refractivity contribution is 0.413. The minimum atomic E-state index is 0.0180. The highest BCUT2D eigenvalue weighted by Crippen LogP contribution is 2.37. The van der Waals surface area contributed by atoms with Crippen LogP contribution in [-0.2, 0) is 6.42 Å². The Labute approximate surface area is 142 Å². The first-order valence-corrected chi connectivity index (χ1v) is 8.41. The van der Waals surface area contributed by atoms with Crippen molar-refractivity contribution in [1.29, 1.82) is 0 Å². The van der Waals surface area contributed by atoms with Gasteiger partial charge in [-0.2, -0.15) is 5.10 Å². The van der Waals surface area contributed by atoms with Crippen LogP contribution in [0.4, 0.5) is 0 Å². The second-order valence-corrected chi connectivity index (χ2v) is 6.89. The Morgan fingerprint density at radius 3 is 2.70 bits per heavy atom. The number of H-pyrrole nitrogens is 2. The molecule has 0 unspecified atom stereocenters. The zero-order valence-corrected chi connectivity index (χ0v) is 13.8. The number of hydrogen-bond donors (Lipinski definition) is 2. The number of aromatic nitrogens is 3. The van der Waals surface area contributed by atoms with Gasteiger partial charge in [0.15, 0.2) is 11.1 Å². The van der Waals surface area contributed by atoms with Crippen LogP contribution < -0.4 is 5.43 Å². The molecule has 0 spiro atoms. The van der Waals surface area contributed by atoms with Crippen LogP contribution in [0.5, 0.6) is 0 Å². The molecule has 0 aliphatic heterocycles. The molecule has 0 radical (unpaired) electrons. The summed E-state index contributed by atoms with van der Waals surface area (Å²) >= 11 is 12.0. The summed E-state index contributed by atoms with van der Waals surface area (Å²) < 4.78 is 0. The molecule has 0 saturated heterocycles. The molecule has 2 N–H and O–H groups in total. The summed E-state index contributed by atoms with van der Waals surface area (Å²) in [6.07, 6.45) is 4.05. The third-order valence-corrected chi connectivity index (χ3v) is 5.26. The van der Waals surface area contributed by atoms with Gasteiger partial charge in [-0.25, -0.2) is 0 Å². The first kappa shape index (κ1) is 14.8. The van der Waals surface area contributed by atoms with Crippen LogP contribution in [0.1, 0.15) is 42.1 Å². The average molecular weight is 348 g/mol. The Morgan fingerprint density at radius 1 is 1.17 bits per heavy atom. The lowest BCUT2D eigenvalue weighted by Gasteiger charge is -2.23. The molecule has 4 nitrogen and oxygen atoms in total. The van der Waals surface area contributed by atoms with Gasteiger partial charge in [0.2, 0.25) is 0 Å². The number of benzene rings is 1. The van der Waals surface area contributed by atoms with E-state index in [1.54, 1.807) is 12.1 Å². The molecule has 0 atom stereocenters. The Morgan fingerprint density at radius 2 is 2.00 bits per heavy atom. The zero-order chi connectivity index (χ0) is 16.0. The van der Waals surface area contributed by atoms with Crippen molar-refractivity contribution in [1.82, 2.24) is 15.2 Å². The highest BCUT2D eigenvalue weighted by molar-refractivity contribution is 6.42. The summed E-state index contributed by atoms with van der Waals surface area (Å²) in [6, 6.07) is 7.14. The van der Waals surface area contributed by atoms with Gasteiger partial charge >= 0.3 is 0 Å². The van der Waals surface area contributed by atoms with Crippen molar-refractivity contribution in [3.05, 3.63) is 61.5 Å². The molecule has 0 amide bonds. The van der Waals surface area contributed by atoms with Gasteiger partial charge in [0, 0.05) is 24.1 Å². The summed E-state index contributed by atoms with van der Waals surface area (Å²) in [6.45, 7) is 0. The molecule has 1 aromatic carbocycles. The number of nitrogens with zero attached hydrogens (tertiary/aromatic N) is 1. The van der Waals surface area contributed by atoms with Crippen molar-refractivity contribution >= 4 is 34.2 Å². The van der Waals surface area contributed by atoms with Gasteiger partial charge in [-0.05, 0) is 30.5 Å². The van der Waals surface area contributed by atoms with Crippen molar-refractivity contribution in [3.8, 4) is 0 Å². The van der Waals surface area contributed by atoms with E-state index in [2.05, 4.69) is 15.2 Å². The molecule has 4 rings (SSSR count). The van der Waals surface area contributed by atoms with Gasteiger partial charge in [-0.1, -0.05) is 35.7 Å². The first-order chi connectivity index (χ1) is 11.1. The van der Waals surface area contributed by atoms with Crippen molar-refractivity contribution in [3.63, 3.8) is 0 Å². The van der Waals surface area contributed by atoms with E-state index in [9.17, 15) is 4.79 Å². The average Bonchev–Trinajstić information content (AvgIpc) is 2.85. The number of pyridine rings is 1. The van der Waals surface area contributed by atoms with Gasteiger partial charge in [0.05, 0.1) is 21.1 Å². The topological polar surface area (TPSA) is 61.5 Å². The van der Waals surface area contributed by atoms with E-state index in [1.807, 2.05) is 12.1 Å². The fraction of sp³-hybridized carbons (Fsp3) is 0.294. The fourth-order valence-corrected chi connectivity index (χ4v) is 3.39. The highest BCUT2D eigenvalue weighted by atomic mass is 35.5. The fourth-order valence-electron chi connectivity index (χ4n) is 3.07. The normalized spacial score (nSPS) is 15.0. The van der Waals surface area contributed by atoms with Gasteiger partial charge in [0.1, 0.15) is 0 Å². The number of fused-ring (bicyclic) bond motifs is 1. The molecule has 1 aliphatic carbocycles. The summed E-state index contributed by atoms with van der Waals surface area (Å²) in [7, 11) is 0. The van der Waals surface area contributed by atoms with Gasteiger partial charge in [-0.15, -0.1) is 0 Å². The highest BCUT2D eigenvalue weighted by Gasteiger charge is 2.25. The SMILES string of the molecule is O=c1cc(Cc2ccc(Cl)c(Cl)c2)[nH]c2n[nH]c(C3CCC3)c12. The molecule has 1 saturated carbocycles. The molecule has 23 heavy (non-hydrogen) atoms. The van der Waals surface area contributed by atoms with Crippen LogP contribution >= 0.6 is 23.2 Å². The van der Waals surface area contributed by atoms with Crippen LogP contribution in [-0.4, -0.2) is 15.2 Å². The smallest absolute Gasteiger partial charge is 0.193 e. The molecular weight excluding hydrogens is 333 g/mol. The van der Waals surface area contributed by atoms with Crippen LogP contribution in [0.2, 0.25) is 10.0 Å². The number of aromatic amines is 2. The minimum absolute atomic E-state index is 0.0180. The van der Waals surface area contributed by atoms with Gasteiger partial charge in [0.25, 0.3) is 0 Å². The van der Waals surface area contributed by atoms with E-state index in [-0.39, 0.29) is 5.43 Å². The maximum atomic E-state index is 12.5. The number of hydrogen-bond acceptors (Lipinski definition) is 2. The molecule has 118 valence electrons. The molecule has 0 bridgehead atoms. The molecular formula is C17H15Cl2N3O. The minimum Gasteiger partial charge on any atom is -0.341 e. The zero-order valence-electron chi connectivity index (χ0n) is 12.3. The molecule has 2 heterocycles. The summed E-state index contributed by atoms with van der Waals surface area (Å²) in [5.41, 5.74) is 3.43. The van der Waals surface area contributed by atoms with E-state index in [4.69, 9.17) is 23.2 Å². The monoisotopic (exact) mass is 347 g/mol. The molecule has 1 aliphatic rings. The number of halogens is 2. The lowest BCUT2D eigenvalue weighted by atomic mass is 9.82. The molecule has 2 aromatic heterocycles. The van der Waals surface area contributed by atoms with Crippen LogP contribution in [0.25, 0.3) is 11.0 Å². The van der Waals surface area contributed by atoms with Crippen LogP contribution in [0.15, 0.2) is 29.1 Å². The van der Waals surface area contributed by atoms with Crippen LogP contribution in [0, 0.1) is 0 Å². The van der Waals surface area contributed by atoms with E-state index in [0.29, 0.717) is 33.4 Å². The third kappa shape index (κ3) is 2.66.